The van der Waals surface area contributed by atoms with Crippen LogP contribution in [0, 0.1) is 0 Å². The highest BCUT2D eigenvalue weighted by atomic mass is 16.5. The summed E-state index contributed by atoms with van der Waals surface area (Å²) in [6.07, 6.45) is 7.11. The SMILES string of the molecule is COc1ccc(Cn2ccc(Cc3cccc4cccnc34)c2)cc1. The molecule has 0 aliphatic heterocycles. The molecule has 4 rings (SSSR count). The molecule has 0 aliphatic carbocycles. The zero-order valence-electron chi connectivity index (χ0n) is 14.2. The Bertz CT molecular complexity index is 981. The number of nitrogens with zero attached hydrogens (tertiary/aromatic N) is 2. The van der Waals surface area contributed by atoms with Crippen molar-refractivity contribution in [2.24, 2.45) is 0 Å². The largest absolute Gasteiger partial charge is 0.497 e. The van der Waals surface area contributed by atoms with Gasteiger partial charge >= 0.3 is 0 Å². The molecule has 3 nitrogen and oxygen atoms in total. The summed E-state index contributed by atoms with van der Waals surface area (Å²) in [6, 6.07) is 20.9. The number of aromatic nitrogens is 2. The predicted molar refractivity (Wildman–Crippen MR) is 101 cm³/mol. The Kier molecular flexibility index (Phi) is 4.21. The summed E-state index contributed by atoms with van der Waals surface area (Å²) in [7, 11) is 1.69. The molecule has 0 bridgehead atoms. The van der Waals surface area contributed by atoms with Crippen molar-refractivity contribution in [1.29, 1.82) is 0 Å². The fourth-order valence-electron chi connectivity index (χ4n) is 3.17. The molecular weight excluding hydrogens is 308 g/mol. The Hall–Kier alpha value is -3.07. The van der Waals surface area contributed by atoms with Gasteiger partial charge in [-0.1, -0.05) is 36.4 Å². The van der Waals surface area contributed by atoms with Crippen molar-refractivity contribution in [3.8, 4) is 5.75 Å². The first-order valence-corrected chi connectivity index (χ1v) is 8.42. The van der Waals surface area contributed by atoms with Crippen LogP contribution in [0.2, 0.25) is 0 Å². The number of ether oxygens (including phenoxy) is 1. The smallest absolute Gasteiger partial charge is 0.118 e. The van der Waals surface area contributed by atoms with Crippen molar-refractivity contribution in [1.82, 2.24) is 9.55 Å². The molecule has 2 aromatic carbocycles. The van der Waals surface area contributed by atoms with E-state index in [4.69, 9.17) is 4.74 Å². The van der Waals surface area contributed by atoms with E-state index in [2.05, 4.69) is 64.4 Å². The molecule has 2 aromatic heterocycles. The van der Waals surface area contributed by atoms with Gasteiger partial charge in [0, 0.05) is 36.9 Å². The molecule has 0 spiro atoms. The van der Waals surface area contributed by atoms with Gasteiger partial charge in [-0.15, -0.1) is 0 Å². The van der Waals surface area contributed by atoms with Gasteiger partial charge < -0.3 is 9.30 Å². The zero-order valence-corrected chi connectivity index (χ0v) is 14.2. The third kappa shape index (κ3) is 3.41. The number of fused-ring (bicyclic) bond motifs is 1. The van der Waals surface area contributed by atoms with Gasteiger partial charge in [0.1, 0.15) is 5.75 Å². The minimum absolute atomic E-state index is 0.859. The van der Waals surface area contributed by atoms with Crippen molar-refractivity contribution >= 4 is 10.9 Å². The number of hydrogen-bond acceptors (Lipinski definition) is 2. The first-order valence-electron chi connectivity index (χ1n) is 8.42. The number of para-hydroxylation sites is 1. The minimum Gasteiger partial charge on any atom is -0.497 e. The van der Waals surface area contributed by atoms with Crippen LogP contribution in [0.5, 0.6) is 5.75 Å². The maximum Gasteiger partial charge on any atom is 0.118 e. The van der Waals surface area contributed by atoms with Gasteiger partial charge in [-0.05, 0) is 41.0 Å². The molecule has 0 N–H and O–H groups in total. The normalized spacial score (nSPS) is 10.9. The highest BCUT2D eigenvalue weighted by Gasteiger charge is 2.05. The number of rotatable bonds is 5. The third-order valence-corrected chi connectivity index (χ3v) is 4.45. The van der Waals surface area contributed by atoms with Gasteiger partial charge in [0.25, 0.3) is 0 Å². The van der Waals surface area contributed by atoms with Crippen molar-refractivity contribution in [2.45, 2.75) is 13.0 Å². The average molecular weight is 328 g/mol. The second-order valence-corrected chi connectivity index (χ2v) is 6.21. The zero-order chi connectivity index (χ0) is 17.1. The van der Waals surface area contributed by atoms with Crippen LogP contribution >= 0.6 is 0 Å². The van der Waals surface area contributed by atoms with E-state index in [0.717, 1.165) is 24.2 Å². The Balaban J connectivity index is 1.52. The van der Waals surface area contributed by atoms with E-state index in [1.54, 1.807) is 7.11 Å². The molecule has 124 valence electrons. The lowest BCUT2D eigenvalue weighted by molar-refractivity contribution is 0.414. The lowest BCUT2D eigenvalue weighted by atomic mass is 10.0. The second kappa shape index (κ2) is 6.81. The fraction of sp³-hybridized carbons (Fsp3) is 0.136. The van der Waals surface area contributed by atoms with Gasteiger partial charge in [-0.25, -0.2) is 0 Å². The van der Waals surface area contributed by atoms with E-state index in [1.165, 1.54) is 22.1 Å². The summed E-state index contributed by atoms with van der Waals surface area (Å²) in [5.74, 6) is 0.889. The Morgan fingerprint density at radius 2 is 1.76 bits per heavy atom. The van der Waals surface area contributed by atoms with E-state index in [9.17, 15) is 0 Å². The van der Waals surface area contributed by atoms with Crippen LogP contribution in [0.3, 0.4) is 0 Å². The first-order chi connectivity index (χ1) is 12.3. The van der Waals surface area contributed by atoms with Crippen LogP contribution in [0.15, 0.2) is 79.3 Å². The van der Waals surface area contributed by atoms with Gasteiger partial charge in [-0.2, -0.15) is 0 Å². The summed E-state index contributed by atoms with van der Waals surface area (Å²) in [6.45, 7) is 0.859. The lowest BCUT2D eigenvalue weighted by Gasteiger charge is -2.06. The van der Waals surface area contributed by atoms with Crippen LogP contribution in [-0.2, 0) is 13.0 Å². The molecule has 3 heteroatoms. The second-order valence-electron chi connectivity index (χ2n) is 6.21. The Morgan fingerprint density at radius 3 is 2.60 bits per heavy atom. The Labute approximate surface area is 147 Å². The summed E-state index contributed by atoms with van der Waals surface area (Å²) < 4.78 is 7.43. The minimum atomic E-state index is 0.859. The molecule has 2 heterocycles. The number of pyridine rings is 1. The number of methoxy groups -OCH3 is 1. The molecule has 4 aromatic rings. The van der Waals surface area contributed by atoms with Crippen molar-refractivity contribution < 1.29 is 4.74 Å². The van der Waals surface area contributed by atoms with E-state index >= 15 is 0 Å². The van der Waals surface area contributed by atoms with Gasteiger partial charge in [0.05, 0.1) is 12.6 Å². The molecule has 0 saturated carbocycles. The molecule has 0 unspecified atom stereocenters. The van der Waals surface area contributed by atoms with Crippen LogP contribution in [0.25, 0.3) is 10.9 Å². The summed E-state index contributed by atoms with van der Waals surface area (Å²) >= 11 is 0. The summed E-state index contributed by atoms with van der Waals surface area (Å²) in [5.41, 5.74) is 4.91. The van der Waals surface area contributed by atoms with Gasteiger partial charge in [0.15, 0.2) is 0 Å². The summed E-state index contributed by atoms with van der Waals surface area (Å²) in [5, 5.41) is 1.19. The average Bonchev–Trinajstić information content (AvgIpc) is 3.09. The van der Waals surface area contributed by atoms with E-state index in [0.29, 0.717) is 0 Å². The molecule has 0 fully saturated rings. The van der Waals surface area contributed by atoms with E-state index in [-0.39, 0.29) is 0 Å². The topological polar surface area (TPSA) is 27.1 Å². The summed E-state index contributed by atoms with van der Waals surface area (Å²) in [4.78, 5) is 4.55. The van der Waals surface area contributed by atoms with Gasteiger partial charge in [-0.3, -0.25) is 4.98 Å². The standard InChI is InChI=1S/C22H20N2O/c1-25-21-9-7-17(8-10-21)15-24-13-11-18(16-24)14-20-5-2-4-19-6-3-12-23-22(19)20/h2-13,16H,14-15H2,1H3. The molecular formula is C22H20N2O. The lowest BCUT2D eigenvalue weighted by Crippen LogP contribution is -1.96. The predicted octanol–water partition coefficient (Wildman–Crippen LogP) is 4.68. The third-order valence-electron chi connectivity index (χ3n) is 4.45. The highest BCUT2D eigenvalue weighted by molar-refractivity contribution is 5.81. The molecule has 0 atom stereocenters. The van der Waals surface area contributed by atoms with E-state index in [1.807, 2.05) is 24.4 Å². The van der Waals surface area contributed by atoms with Crippen molar-refractivity contribution in [3.63, 3.8) is 0 Å². The highest BCUT2D eigenvalue weighted by Crippen LogP contribution is 2.20. The first kappa shape index (κ1) is 15.5. The fourth-order valence-corrected chi connectivity index (χ4v) is 3.17. The van der Waals surface area contributed by atoms with Crippen LogP contribution in [0.4, 0.5) is 0 Å². The number of benzene rings is 2. The molecule has 0 amide bonds. The Morgan fingerprint density at radius 1 is 0.920 bits per heavy atom. The molecule has 0 aliphatic rings. The van der Waals surface area contributed by atoms with Crippen molar-refractivity contribution in [3.05, 3.63) is 95.9 Å². The van der Waals surface area contributed by atoms with Crippen LogP contribution in [0.1, 0.15) is 16.7 Å². The van der Waals surface area contributed by atoms with E-state index < -0.39 is 0 Å². The monoisotopic (exact) mass is 328 g/mol. The quantitative estimate of drug-likeness (QED) is 0.532. The maximum absolute atomic E-state index is 5.21. The molecule has 0 radical (unpaired) electrons. The van der Waals surface area contributed by atoms with Crippen molar-refractivity contribution in [2.75, 3.05) is 7.11 Å². The van der Waals surface area contributed by atoms with Gasteiger partial charge in [0.2, 0.25) is 0 Å². The number of hydrogen-bond donors (Lipinski definition) is 0. The maximum atomic E-state index is 5.21. The van der Waals surface area contributed by atoms with Crippen LogP contribution < -0.4 is 4.74 Å². The molecule has 0 saturated heterocycles. The molecule has 25 heavy (non-hydrogen) atoms. The van der Waals surface area contributed by atoms with Crippen LogP contribution in [-0.4, -0.2) is 16.7 Å².